The molecule has 0 aliphatic heterocycles. The van der Waals surface area contributed by atoms with Crippen LogP contribution in [-0.4, -0.2) is 25.9 Å². The van der Waals surface area contributed by atoms with Gasteiger partial charge in [-0.3, -0.25) is 9.11 Å². The topological polar surface area (TPSA) is 118 Å². The summed E-state index contributed by atoms with van der Waals surface area (Å²) in [6.45, 7) is 0. The van der Waals surface area contributed by atoms with Gasteiger partial charge in [-0.05, 0) is 0 Å². The molecular weight excluding hydrogens is 215 g/mol. The molecule has 2 N–H and O–H groups in total. The molecule has 0 rings (SSSR count). The van der Waals surface area contributed by atoms with Crippen molar-refractivity contribution in [1.29, 1.82) is 0 Å². The third kappa shape index (κ3) is 12.1. The fourth-order valence-corrected chi connectivity index (χ4v) is 0.978. The molecule has 0 aliphatic carbocycles. The third-order valence-electron chi connectivity index (χ3n) is 0.172. The monoisotopic (exact) mass is 218 g/mol. The molecule has 10 heavy (non-hydrogen) atoms. The molecule has 0 saturated heterocycles. The van der Waals surface area contributed by atoms with Crippen molar-refractivity contribution < 1.29 is 82.4 Å². The summed E-state index contributed by atoms with van der Waals surface area (Å²) in [6, 6.07) is 0. The van der Waals surface area contributed by atoms with Crippen LogP contribution in [0.15, 0.2) is 0 Å². The van der Waals surface area contributed by atoms with Crippen LogP contribution in [0, 0.1) is 0 Å². The van der Waals surface area contributed by atoms with Gasteiger partial charge in [-0.1, -0.05) is 0 Å². The Morgan fingerprint density at radius 2 is 1.20 bits per heavy atom. The van der Waals surface area contributed by atoms with Crippen LogP contribution in [0.3, 0.4) is 0 Å². The van der Waals surface area contributed by atoms with Gasteiger partial charge in [0.25, 0.3) is 0 Å². The summed E-state index contributed by atoms with van der Waals surface area (Å²) in [4.78, 5) is 0. The summed E-state index contributed by atoms with van der Waals surface area (Å²) in [5.74, 6) is 0. The Morgan fingerprint density at radius 3 is 1.20 bits per heavy atom. The molecule has 7 nitrogen and oxygen atoms in total. The van der Waals surface area contributed by atoms with E-state index >= 15 is 0 Å². The van der Waals surface area contributed by atoms with E-state index in [9.17, 15) is 16.8 Å². The molecule has 0 aromatic rings. The van der Waals surface area contributed by atoms with Crippen molar-refractivity contribution in [3.63, 3.8) is 0 Å². The minimum absolute atomic E-state index is 0. The molecule has 0 aromatic heterocycles. The van der Waals surface area contributed by atoms with E-state index < -0.39 is 20.8 Å². The number of hydrogen-bond donors (Lipinski definition) is 2. The molecule has 0 aliphatic rings. The van der Waals surface area contributed by atoms with E-state index in [1.54, 1.807) is 0 Å². The van der Waals surface area contributed by atoms with Gasteiger partial charge < -0.3 is 1.43 Å². The molecular formula is H3KO7S2. The molecule has 0 aromatic carbocycles. The second-order valence-corrected chi connectivity index (χ2v) is 3.18. The van der Waals surface area contributed by atoms with Gasteiger partial charge in [0, 0.05) is 0 Å². The molecule has 0 radical (unpaired) electrons. The Bertz CT molecular complexity index is 242. The molecule has 0 spiro atoms. The SMILES string of the molecule is O=S(=O)(O)OS(=O)(=O)O.[H-].[K+]. The fourth-order valence-electron chi connectivity index (χ4n) is 0.109. The van der Waals surface area contributed by atoms with Crippen LogP contribution in [-0.2, 0) is 24.4 Å². The van der Waals surface area contributed by atoms with Gasteiger partial charge in [0.05, 0.1) is 0 Å². The molecule has 0 unspecified atom stereocenters. The molecule has 0 fully saturated rings. The van der Waals surface area contributed by atoms with E-state index in [0.29, 0.717) is 0 Å². The van der Waals surface area contributed by atoms with Crippen molar-refractivity contribution in [2.45, 2.75) is 0 Å². The van der Waals surface area contributed by atoms with Crippen LogP contribution in [0.1, 0.15) is 1.43 Å². The average Bonchev–Trinajstić information content (AvgIpc) is 1.14. The van der Waals surface area contributed by atoms with E-state index in [4.69, 9.17) is 9.11 Å². The summed E-state index contributed by atoms with van der Waals surface area (Å²) in [5, 5.41) is 0. The predicted molar refractivity (Wildman–Crippen MR) is 25.3 cm³/mol. The number of rotatable bonds is 2. The molecule has 10 heteroatoms. The summed E-state index contributed by atoms with van der Waals surface area (Å²) >= 11 is 0. The Hall–Kier alpha value is 1.42. The van der Waals surface area contributed by atoms with Gasteiger partial charge in [-0.25, -0.2) is 0 Å². The fraction of sp³-hybridized carbons (Fsp3) is 0. The van der Waals surface area contributed by atoms with Gasteiger partial charge in [0.2, 0.25) is 0 Å². The third-order valence-corrected chi connectivity index (χ3v) is 1.55. The predicted octanol–water partition coefficient (Wildman–Crippen LogP) is -4.27. The average molecular weight is 218 g/mol. The van der Waals surface area contributed by atoms with Crippen molar-refractivity contribution in [3.05, 3.63) is 0 Å². The Morgan fingerprint density at radius 1 is 1.00 bits per heavy atom. The normalized spacial score (nSPS) is 12.2. The summed E-state index contributed by atoms with van der Waals surface area (Å²) in [5.41, 5.74) is 0. The molecule has 0 amide bonds. The standard InChI is InChI=1S/K.H2O7S2.H/c;1-8(2,3)7-9(4,5)6;/h;(H,1,2,3)(H,4,5,6);/q+1;;-1. The van der Waals surface area contributed by atoms with Crippen LogP contribution < -0.4 is 51.4 Å². The maximum absolute atomic E-state index is 9.44. The zero-order valence-corrected chi connectivity index (χ0v) is 9.51. The van der Waals surface area contributed by atoms with E-state index in [1.165, 1.54) is 0 Å². The molecule has 58 valence electrons. The first-order chi connectivity index (χ1) is 3.71. The summed E-state index contributed by atoms with van der Waals surface area (Å²) < 4.78 is 55.6. The Kier molecular flexibility index (Phi) is 6.21. The zero-order chi connectivity index (χ0) is 7.71. The van der Waals surface area contributed by atoms with Crippen LogP contribution in [0.5, 0.6) is 0 Å². The van der Waals surface area contributed by atoms with Gasteiger partial charge in [0.15, 0.2) is 0 Å². The van der Waals surface area contributed by atoms with E-state index in [0.717, 1.165) is 0 Å². The van der Waals surface area contributed by atoms with Crippen LogP contribution in [0.2, 0.25) is 0 Å². The maximum atomic E-state index is 9.44. The number of hydrogen-bond acceptors (Lipinski definition) is 5. The van der Waals surface area contributed by atoms with Crippen LogP contribution in [0.25, 0.3) is 0 Å². The Balaban J connectivity index is -0.000000320. The quantitative estimate of drug-likeness (QED) is 0.356. The second kappa shape index (κ2) is 4.44. The van der Waals surface area contributed by atoms with Gasteiger partial charge in [0.1, 0.15) is 0 Å². The van der Waals surface area contributed by atoms with Crippen molar-refractivity contribution in [2.24, 2.45) is 0 Å². The van der Waals surface area contributed by atoms with E-state index in [-0.39, 0.29) is 52.8 Å². The van der Waals surface area contributed by atoms with Crippen molar-refractivity contribution in [2.75, 3.05) is 0 Å². The van der Waals surface area contributed by atoms with Crippen molar-refractivity contribution in [3.8, 4) is 0 Å². The summed E-state index contributed by atoms with van der Waals surface area (Å²) in [7, 11) is -10.2. The van der Waals surface area contributed by atoms with Crippen molar-refractivity contribution >= 4 is 20.8 Å². The summed E-state index contributed by atoms with van der Waals surface area (Å²) in [6.07, 6.45) is 0. The van der Waals surface area contributed by atoms with Gasteiger partial charge >= 0.3 is 72.2 Å². The van der Waals surface area contributed by atoms with E-state index in [1.807, 2.05) is 0 Å². The first-order valence-electron chi connectivity index (χ1n) is 1.37. The van der Waals surface area contributed by atoms with Crippen LogP contribution in [0.4, 0.5) is 0 Å². The second-order valence-electron chi connectivity index (χ2n) is 0.924. The minimum Gasteiger partial charge on any atom is -1.00 e. The molecule has 0 saturated carbocycles. The molecule has 0 atom stereocenters. The molecule has 0 bridgehead atoms. The van der Waals surface area contributed by atoms with Crippen molar-refractivity contribution in [1.82, 2.24) is 0 Å². The zero-order valence-electron chi connectivity index (χ0n) is 5.75. The van der Waals surface area contributed by atoms with Crippen LogP contribution >= 0.6 is 0 Å². The minimum atomic E-state index is -5.12. The maximum Gasteiger partial charge on any atom is 1.00 e. The first kappa shape index (κ1) is 14.0. The van der Waals surface area contributed by atoms with E-state index in [2.05, 4.69) is 3.63 Å². The smallest absolute Gasteiger partial charge is 1.00 e. The Labute approximate surface area is 102 Å². The largest absolute Gasteiger partial charge is 1.00 e. The first-order valence-corrected chi connectivity index (χ1v) is 4.10. The van der Waals surface area contributed by atoms with Gasteiger partial charge in [-0.2, -0.15) is 16.8 Å². The molecule has 0 heterocycles. The van der Waals surface area contributed by atoms with Gasteiger partial charge in [-0.15, -0.1) is 3.63 Å².